The number of ether oxygens (including phenoxy) is 2. The lowest BCUT2D eigenvalue weighted by Crippen LogP contribution is -2.18. The van der Waals surface area contributed by atoms with E-state index in [2.05, 4.69) is 26.0 Å². The molecule has 0 saturated heterocycles. The van der Waals surface area contributed by atoms with E-state index in [0.29, 0.717) is 33.8 Å². The fraction of sp³-hybridized carbons (Fsp3) is 0.278. The molecular formula is C18H21BrN2O5S. The molecule has 9 heteroatoms. The summed E-state index contributed by atoms with van der Waals surface area (Å²) in [4.78, 5) is 11.7. The second kappa shape index (κ2) is 9.20. The second-order valence-corrected chi connectivity index (χ2v) is 8.15. The Labute approximate surface area is 167 Å². The highest BCUT2D eigenvalue weighted by molar-refractivity contribution is 9.10. The van der Waals surface area contributed by atoms with E-state index in [1.54, 1.807) is 37.3 Å². The van der Waals surface area contributed by atoms with Crippen molar-refractivity contribution in [2.45, 2.75) is 18.7 Å². The van der Waals surface area contributed by atoms with Gasteiger partial charge in [-0.25, -0.2) is 8.42 Å². The first-order valence-electron chi connectivity index (χ1n) is 8.11. The molecule has 0 unspecified atom stereocenters. The zero-order chi connectivity index (χ0) is 20.0. The SMILES string of the molecule is CCOc1ccc(NS(=O)(=O)c2cc(NC(=O)COC)ccc2C)cc1Br. The minimum atomic E-state index is -3.85. The summed E-state index contributed by atoms with van der Waals surface area (Å²) in [5.74, 6) is 0.257. The molecule has 1 amide bonds. The number of hydrogen-bond donors (Lipinski definition) is 2. The summed E-state index contributed by atoms with van der Waals surface area (Å²) in [7, 11) is -2.44. The van der Waals surface area contributed by atoms with Crippen LogP contribution in [0.25, 0.3) is 0 Å². The standard InChI is InChI=1S/C18H21BrN2O5S/c1-4-26-16-8-7-14(9-15(16)19)21-27(23,24)17-10-13(6-5-12(17)2)20-18(22)11-25-3/h5-10,21H,4,11H2,1-3H3,(H,20,22). The third kappa shape index (κ3) is 5.69. The van der Waals surface area contributed by atoms with Gasteiger partial charge in [0.1, 0.15) is 12.4 Å². The summed E-state index contributed by atoms with van der Waals surface area (Å²) in [6, 6.07) is 9.60. The van der Waals surface area contributed by atoms with Crippen LogP contribution < -0.4 is 14.8 Å². The molecule has 0 fully saturated rings. The largest absolute Gasteiger partial charge is 0.493 e. The number of methoxy groups -OCH3 is 1. The maximum Gasteiger partial charge on any atom is 0.262 e. The van der Waals surface area contributed by atoms with Gasteiger partial charge in [0, 0.05) is 12.8 Å². The van der Waals surface area contributed by atoms with Crippen LogP contribution in [0.2, 0.25) is 0 Å². The van der Waals surface area contributed by atoms with Crippen LogP contribution in [0.15, 0.2) is 45.8 Å². The molecular weight excluding hydrogens is 436 g/mol. The maximum absolute atomic E-state index is 12.8. The Balaban J connectivity index is 2.28. The Kier molecular flexibility index (Phi) is 7.23. The summed E-state index contributed by atoms with van der Waals surface area (Å²) >= 11 is 3.36. The Morgan fingerprint density at radius 2 is 1.85 bits per heavy atom. The van der Waals surface area contributed by atoms with Gasteiger partial charge in [-0.15, -0.1) is 0 Å². The monoisotopic (exact) mass is 456 g/mol. The van der Waals surface area contributed by atoms with E-state index in [1.165, 1.54) is 13.2 Å². The first-order chi connectivity index (χ1) is 12.8. The molecule has 0 aliphatic heterocycles. The molecule has 2 rings (SSSR count). The molecule has 0 spiro atoms. The average molecular weight is 457 g/mol. The molecule has 0 aliphatic rings. The number of sulfonamides is 1. The van der Waals surface area contributed by atoms with Crippen molar-refractivity contribution >= 4 is 43.2 Å². The van der Waals surface area contributed by atoms with Gasteiger partial charge in [-0.1, -0.05) is 6.07 Å². The number of aryl methyl sites for hydroxylation is 1. The minimum absolute atomic E-state index is 0.0720. The number of hydrogen-bond acceptors (Lipinski definition) is 5. The lowest BCUT2D eigenvalue weighted by molar-refractivity contribution is -0.119. The van der Waals surface area contributed by atoms with Crippen molar-refractivity contribution in [1.29, 1.82) is 0 Å². The number of carbonyl (C=O) groups excluding carboxylic acids is 1. The molecule has 0 bridgehead atoms. The number of rotatable bonds is 8. The third-order valence-corrected chi connectivity index (χ3v) is 5.66. The Bertz CT molecular complexity index is 931. The second-order valence-electron chi connectivity index (χ2n) is 5.65. The van der Waals surface area contributed by atoms with Crippen molar-refractivity contribution in [1.82, 2.24) is 0 Å². The quantitative estimate of drug-likeness (QED) is 0.633. The topological polar surface area (TPSA) is 93.7 Å². The maximum atomic E-state index is 12.8. The number of halogens is 1. The Morgan fingerprint density at radius 1 is 1.15 bits per heavy atom. The van der Waals surface area contributed by atoms with Crippen molar-refractivity contribution in [3.05, 3.63) is 46.4 Å². The third-order valence-electron chi connectivity index (χ3n) is 3.52. The van der Waals surface area contributed by atoms with Gasteiger partial charge in [-0.05, 0) is 65.7 Å². The Hall–Kier alpha value is -2.10. The molecule has 2 aromatic carbocycles. The van der Waals surface area contributed by atoms with E-state index in [1.807, 2.05) is 6.92 Å². The van der Waals surface area contributed by atoms with Gasteiger partial charge in [0.25, 0.3) is 10.0 Å². The van der Waals surface area contributed by atoms with Crippen LogP contribution in [0.4, 0.5) is 11.4 Å². The molecule has 0 radical (unpaired) electrons. The predicted octanol–water partition coefficient (Wildman–Crippen LogP) is 3.54. The molecule has 0 heterocycles. The van der Waals surface area contributed by atoms with Gasteiger partial charge in [-0.2, -0.15) is 0 Å². The normalized spacial score (nSPS) is 11.1. The van der Waals surface area contributed by atoms with Crippen molar-refractivity contribution in [3.63, 3.8) is 0 Å². The Morgan fingerprint density at radius 3 is 2.48 bits per heavy atom. The van der Waals surface area contributed by atoms with Gasteiger partial charge in [-0.3, -0.25) is 9.52 Å². The first-order valence-corrected chi connectivity index (χ1v) is 10.4. The van der Waals surface area contributed by atoms with Gasteiger partial charge < -0.3 is 14.8 Å². The lowest BCUT2D eigenvalue weighted by Gasteiger charge is -2.14. The first kappa shape index (κ1) is 21.2. The summed E-state index contributed by atoms with van der Waals surface area (Å²) in [6.07, 6.45) is 0. The van der Waals surface area contributed by atoms with Crippen LogP contribution in [0.3, 0.4) is 0 Å². The molecule has 146 valence electrons. The van der Waals surface area contributed by atoms with Gasteiger partial charge in [0.05, 0.1) is 21.7 Å². The number of anilines is 2. The summed E-state index contributed by atoms with van der Waals surface area (Å²) in [5.41, 5.74) is 1.31. The molecule has 0 saturated carbocycles. The van der Waals surface area contributed by atoms with Crippen LogP contribution in [-0.4, -0.2) is 34.6 Å². The van der Waals surface area contributed by atoms with Crippen LogP contribution in [0.1, 0.15) is 12.5 Å². The zero-order valence-corrected chi connectivity index (χ0v) is 17.6. The van der Waals surface area contributed by atoms with E-state index < -0.39 is 10.0 Å². The van der Waals surface area contributed by atoms with Crippen molar-refractivity contribution in [2.75, 3.05) is 30.4 Å². The van der Waals surface area contributed by atoms with E-state index in [9.17, 15) is 13.2 Å². The molecule has 7 nitrogen and oxygen atoms in total. The highest BCUT2D eigenvalue weighted by Gasteiger charge is 2.19. The fourth-order valence-electron chi connectivity index (χ4n) is 2.34. The molecule has 0 aliphatic carbocycles. The van der Waals surface area contributed by atoms with E-state index in [0.717, 1.165) is 0 Å². The van der Waals surface area contributed by atoms with E-state index in [4.69, 9.17) is 9.47 Å². The van der Waals surface area contributed by atoms with Crippen LogP contribution in [-0.2, 0) is 19.6 Å². The lowest BCUT2D eigenvalue weighted by atomic mass is 10.2. The molecule has 0 aromatic heterocycles. The number of benzene rings is 2. The summed E-state index contributed by atoms with van der Waals surface area (Å²) in [6.45, 7) is 3.94. The van der Waals surface area contributed by atoms with Crippen LogP contribution in [0, 0.1) is 6.92 Å². The summed E-state index contributed by atoms with van der Waals surface area (Å²) < 4.78 is 39.0. The van der Waals surface area contributed by atoms with Crippen LogP contribution >= 0.6 is 15.9 Å². The van der Waals surface area contributed by atoms with E-state index >= 15 is 0 Å². The molecule has 27 heavy (non-hydrogen) atoms. The number of nitrogens with one attached hydrogen (secondary N) is 2. The van der Waals surface area contributed by atoms with Gasteiger partial charge in [0.15, 0.2) is 0 Å². The van der Waals surface area contributed by atoms with Crippen molar-refractivity contribution in [2.24, 2.45) is 0 Å². The van der Waals surface area contributed by atoms with Crippen molar-refractivity contribution < 1.29 is 22.7 Å². The van der Waals surface area contributed by atoms with Crippen LogP contribution in [0.5, 0.6) is 5.75 Å². The highest BCUT2D eigenvalue weighted by atomic mass is 79.9. The minimum Gasteiger partial charge on any atom is -0.493 e. The summed E-state index contributed by atoms with van der Waals surface area (Å²) in [5, 5.41) is 2.60. The van der Waals surface area contributed by atoms with Crippen molar-refractivity contribution in [3.8, 4) is 5.75 Å². The molecule has 2 N–H and O–H groups in total. The van der Waals surface area contributed by atoms with Gasteiger partial charge in [0.2, 0.25) is 5.91 Å². The number of amides is 1. The highest BCUT2D eigenvalue weighted by Crippen LogP contribution is 2.30. The predicted molar refractivity (Wildman–Crippen MR) is 108 cm³/mol. The molecule has 2 aromatic rings. The zero-order valence-electron chi connectivity index (χ0n) is 15.2. The van der Waals surface area contributed by atoms with E-state index in [-0.39, 0.29) is 17.4 Å². The average Bonchev–Trinajstić information content (AvgIpc) is 2.59. The number of carbonyl (C=O) groups is 1. The van der Waals surface area contributed by atoms with Gasteiger partial charge >= 0.3 is 0 Å². The smallest absolute Gasteiger partial charge is 0.262 e. The molecule has 0 atom stereocenters. The fourth-order valence-corrected chi connectivity index (χ4v) is 4.16.